The smallest absolute Gasteiger partial charge is 0.324 e. The van der Waals surface area contributed by atoms with E-state index >= 15 is 0 Å². The quantitative estimate of drug-likeness (QED) is 0.719. The number of methoxy groups -OCH3 is 1. The van der Waals surface area contributed by atoms with Gasteiger partial charge in [-0.1, -0.05) is 19.0 Å². The maximum Gasteiger partial charge on any atom is 0.324 e. The normalized spacial score (nSPS) is 17.1. The summed E-state index contributed by atoms with van der Waals surface area (Å²) in [6.45, 7) is 8.06. The Morgan fingerprint density at radius 3 is 2.67 bits per heavy atom. The van der Waals surface area contributed by atoms with Crippen LogP contribution in [0.2, 0.25) is 0 Å². The lowest BCUT2D eigenvalue weighted by atomic mass is 10.0. The third kappa shape index (κ3) is 4.41. The minimum absolute atomic E-state index is 0.312. The van der Waals surface area contributed by atoms with Crippen molar-refractivity contribution in [1.82, 2.24) is 15.0 Å². The maximum atomic E-state index is 5.38. The lowest BCUT2D eigenvalue weighted by molar-refractivity contribution is 0.155. The lowest BCUT2D eigenvalue weighted by Crippen LogP contribution is -2.44. The van der Waals surface area contributed by atoms with E-state index < -0.39 is 0 Å². The third-order valence-electron chi connectivity index (χ3n) is 4.17. The number of rotatable bonds is 7. The monoisotopic (exact) mass is 296 g/mol. The third-order valence-corrected chi connectivity index (χ3v) is 4.17. The van der Waals surface area contributed by atoms with Crippen LogP contribution in [0.15, 0.2) is 4.52 Å². The number of nitrogens with zero attached hydrogens (tertiary/aromatic N) is 4. The summed E-state index contributed by atoms with van der Waals surface area (Å²) in [5.74, 6) is 1.11. The van der Waals surface area contributed by atoms with Crippen LogP contribution in [0, 0.1) is 0 Å². The van der Waals surface area contributed by atoms with Crippen molar-refractivity contribution in [2.75, 3.05) is 45.3 Å². The first-order chi connectivity index (χ1) is 10.1. The molecule has 2 heterocycles. The van der Waals surface area contributed by atoms with Gasteiger partial charge in [0.2, 0.25) is 0 Å². The molecule has 0 saturated carbocycles. The van der Waals surface area contributed by atoms with Crippen LogP contribution in [-0.2, 0) is 4.74 Å². The van der Waals surface area contributed by atoms with E-state index in [1.54, 1.807) is 7.11 Å². The molecular formula is C15H28N4O2. The molecule has 0 amide bonds. The number of hydrogen-bond donors (Lipinski definition) is 0. The number of anilines is 1. The Labute approximate surface area is 127 Å². The Morgan fingerprint density at radius 2 is 2.10 bits per heavy atom. The Kier molecular flexibility index (Phi) is 5.99. The fourth-order valence-corrected chi connectivity index (χ4v) is 2.73. The van der Waals surface area contributed by atoms with Crippen LogP contribution >= 0.6 is 0 Å². The molecule has 0 atom stereocenters. The first kappa shape index (κ1) is 16.2. The molecule has 120 valence electrons. The molecule has 6 heteroatoms. The minimum atomic E-state index is 0.312. The molecule has 1 aromatic heterocycles. The molecule has 21 heavy (non-hydrogen) atoms. The molecule has 1 fully saturated rings. The van der Waals surface area contributed by atoms with Crippen molar-refractivity contribution in [2.24, 2.45) is 0 Å². The van der Waals surface area contributed by atoms with Gasteiger partial charge in [-0.05, 0) is 26.3 Å². The second kappa shape index (κ2) is 7.75. The van der Waals surface area contributed by atoms with Gasteiger partial charge in [-0.15, -0.1) is 0 Å². The molecule has 6 nitrogen and oxygen atoms in total. The van der Waals surface area contributed by atoms with Gasteiger partial charge in [0.1, 0.15) is 0 Å². The lowest BCUT2D eigenvalue weighted by Gasteiger charge is -2.35. The van der Waals surface area contributed by atoms with Gasteiger partial charge in [0.05, 0.1) is 0 Å². The Morgan fingerprint density at radius 1 is 1.38 bits per heavy atom. The molecule has 1 aliphatic rings. The second-order valence-corrected chi connectivity index (χ2v) is 6.14. The highest BCUT2D eigenvalue weighted by molar-refractivity contribution is 5.26. The molecule has 2 rings (SSSR count). The summed E-state index contributed by atoms with van der Waals surface area (Å²) >= 11 is 0. The van der Waals surface area contributed by atoms with E-state index in [0.717, 1.165) is 51.3 Å². The summed E-state index contributed by atoms with van der Waals surface area (Å²) in [5.41, 5.74) is 0. The molecule has 0 N–H and O–H groups in total. The Hall–Kier alpha value is -1.14. The van der Waals surface area contributed by atoms with Crippen molar-refractivity contribution < 1.29 is 9.26 Å². The van der Waals surface area contributed by atoms with E-state index in [2.05, 4.69) is 40.8 Å². The van der Waals surface area contributed by atoms with Gasteiger partial charge < -0.3 is 19.1 Å². The van der Waals surface area contributed by atoms with Crippen LogP contribution in [0.25, 0.3) is 0 Å². The highest BCUT2D eigenvalue weighted by Gasteiger charge is 2.25. The summed E-state index contributed by atoms with van der Waals surface area (Å²) in [7, 11) is 3.97. The fraction of sp³-hybridized carbons (Fsp3) is 0.867. The molecule has 0 aromatic carbocycles. The van der Waals surface area contributed by atoms with E-state index in [9.17, 15) is 0 Å². The van der Waals surface area contributed by atoms with Gasteiger partial charge >= 0.3 is 6.01 Å². The van der Waals surface area contributed by atoms with Gasteiger partial charge in [0.25, 0.3) is 0 Å². The van der Waals surface area contributed by atoms with Crippen LogP contribution in [0.4, 0.5) is 6.01 Å². The number of piperidine rings is 1. The summed E-state index contributed by atoms with van der Waals surface area (Å²) in [4.78, 5) is 9.14. The van der Waals surface area contributed by atoms with E-state index in [4.69, 9.17) is 9.26 Å². The minimum Gasteiger partial charge on any atom is -0.385 e. The van der Waals surface area contributed by atoms with Gasteiger partial charge in [0, 0.05) is 45.3 Å². The van der Waals surface area contributed by atoms with E-state index in [1.807, 2.05) is 0 Å². The van der Waals surface area contributed by atoms with E-state index in [-0.39, 0.29) is 0 Å². The number of hydrogen-bond acceptors (Lipinski definition) is 6. The van der Waals surface area contributed by atoms with Crippen molar-refractivity contribution in [2.45, 2.75) is 45.1 Å². The second-order valence-electron chi connectivity index (χ2n) is 6.14. The van der Waals surface area contributed by atoms with Gasteiger partial charge in [-0.3, -0.25) is 0 Å². The predicted molar refractivity (Wildman–Crippen MR) is 82.7 cm³/mol. The molecule has 0 bridgehead atoms. The fourth-order valence-electron chi connectivity index (χ4n) is 2.73. The molecule has 1 saturated heterocycles. The zero-order chi connectivity index (χ0) is 15.2. The standard InChI is InChI=1S/C15H28N4O2/c1-12(2)14-16-15(21-17-14)19-9-6-13(7-10-19)18(3)8-5-11-20-4/h12-13H,5-11H2,1-4H3. The number of aromatic nitrogens is 2. The van der Waals surface area contributed by atoms with Gasteiger partial charge in [0.15, 0.2) is 5.82 Å². The first-order valence-electron chi connectivity index (χ1n) is 7.89. The SMILES string of the molecule is COCCCN(C)C1CCN(c2nc(C(C)C)no2)CC1. The van der Waals surface area contributed by atoms with Crippen molar-refractivity contribution in [3.8, 4) is 0 Å². The van der Waals surface area contributed by atoms with Crippen LogP contribution in [0.3, 0.4) is 0 Å². The summed E-state index contributed by atoms with van der Waals surface area (Å²) in [6, 6.07) is 1.32. The Bertz CT molecular complexity index is 414. The summed E-state index contributed by atoms with van der Waals surface area (Å²) in [5, 5.41) is 4.04. The van der Waals surface area contributed by atoms with E-state index in [0.29, 0.717) is 18.0 Å². The average molecular weight is 296 g/mol. The van der Waals surface area contributed by atoms with Crippen LogP contribution in [-0.4, -0.2) is 61.5 Å². The molecule has 1 aliphatic heterocycles. The molecule has 0 aliphatic carbocycles. The molecule has 0 spiro atoms. The molecule has 1 aromatic rings. The average Bonchev–Trinajstić information content (AvgIpc) is 2.97. The van der Waals surface area contributed by atoms with E-state index in [1.165, 1.54) is 0 Å². The van der Waals surface area contributed by atoms with Crippen LogP contribution in [0.5, 0.6) is 0 Å². The van der Waals surface area contributed by atoms with Gasteiger partial charge in [-0.2, -0.15) is 4.98 Å². The molecule has 0 unspecified atom stereocenters. The highest BCUT2D eigenvalue weighted by Crippen LogP contribution is 2.22. The predicted octanol–water partition coefficient (Wildman–Crippen LogP) is 2.13. The van der Waals surface area contributed by atoms with Crippen molar-refractivity contribution in [3.05, 3.63) is 5.82 Å². The Balaban J connectivity index is 1.79. The highest BCUT2D eigenvalue weighted by atomic mass is 16.5. The van der Waals surface area contributed by atoms with Crippen LogP contribution < -0.4 is 4.90 Å². The molecule has 0 radical (unpaired) electrons. The van der Waals surface area contributed by atoms with Crippen LogP contribution in [0.1, 0.15) is 44.9 Å². The van der Waals surface area contributed by atoms with Crippen molar-refractivity contribution in [3.63, 3.8) is 0 Å². The first-order valence-corrected chi connectivity index (χ1v) is 7.89. The largest absolute Gasteiger partial charge is 0.385 e. The van der Waals surface area contributed by atoms with Crippen molar-refractivity contribution in [1.29, 1.82) is 0 Å². The van der Waals surface area contributed by atoms with Crippen molar-refractivity contribution >= 4 is 6.01 Å². The number of ether oxygens (including phenoxy) is 1. The molecular weight excluding hydrogens is 268 g/mol. The zero-order valence-electron chi connectivity index (χ0n) is 13.7. The summed E-state index contributed by atoms with van der Waals surface area (Å²) in [6.07, 6.45) is 3.38. The van der Waals surface area contributed by atoms with Gasteiger partial charge in [-0.25, -0.2) is 0 Å². The zero-order valence-corrected chi connectivity index (χ0v) is 13.7. The summed E-state index contributed by atoms with van der Waals surface area (Å²) < 4.78 is 10.5. The maximum absolute atomic E-state index is 5.38. The topological polar surface area (TPSA) is 54.6 Å².